The molecule has 0 saturated carbocycles. The highest BCUT2D eigenvalue weighted by Crippen LogP contribution is 2.34. The predicted octanol–water partition coefficient (Wildman–Crippen LogP) is 4.54. The lowest BCUT2D eigenvalue weighted by Crippen LogP contribution is -2.31. The van der Waals surface area contributed by atoms with Crippen LogP contribution in [0.25, 0.3) is 0 Å². The van der Waals surface area contributed by atoms with Gasteiger partial charge in [0.2, 0.25) is 0 Å². The molecule has 0 radical (unpaired) electrons. The summed E-state index contributed by atoms with van der Waals surface area (Å²) in [6.45, 7) is 6.64. The quantitative estimate of drug-likeness (QED) is 0.670. The summed E-state index contributed by atoms with van der Waals surface area (Å²) in [6, 6.07) is 10.6. The first-order chi connectivity index (χ1) is 13.5. The summed E-state index contributed by atoms with van der Waals surface area (Å²) in [7, 11) is 1.60. The molecule has 0 bridgehead atoms. The van der Waals surface area contributed by atoms with Crippen LogP contribution in [-0.2, 0) is 18.1 Å². The average Bonchev–Trinajstić information content (AvgIpc) is 2.65. The number of aliphatic hydroxyl groups is 1. The Bertz CT molecular complexity index is 801. The van der Waals surface area contributed by atoms with Crippen LogP contribution in [0.4, 0.5) is 13.2 Å². The zero-order chi connectivity index (χ0) is 21.7. The molecule has 2 aromatic carbocycles. The first-order valence-corrected chi connectivity index (χ1v) is 9.37. The number of halogens is 3. The first kappa shape index (κ1) is 23.0. The van der Waals surface area contributed by atoms with Crippen LogP contribution in [0, 0.1) is 0 Å². The first-order valence-electron chi connectivity index (χ1n) is 9.37. The van der Waals surface area contributed by atoms with E-state index in [1.165, 1.54) is 6.07 Å². The minimum atomic E-state index is -4.37. The molecule has 160 valence electrons. The van der Waals surface area contributed by atoms with Gasteiger partial charge in [-0.2, -0.15) is 13.2 Å². The summed E-state index contributed by atoms with van der Waals surface area (Å²) in [4.78, 5) is 0. The van der Waals surface area contributed by atoms with E-state index in [0.29, 0.717) is 11.3 Å². The summed E-state index contributed by atoms with van der Waals surface area (Å²) in [5.41, 5.74) is 0.602. The highest BCUT2D eigenvalue weighted by Gasteiger charge is 2.30. The van der Waals surface area contributed by atoms with Crippen LogP contribution in [-0.4, -0.2) is 31.5 Å². The molecular weight excluding hydrogens is 383 g/mol. The van der Waals surface area contributed by atoms with Crippen molar-refractivity contribution in [2.75, 3.05) is 20.3 Å². The number of methoxy groups -OCH3 is 1. The Morgan fingerprint density at radius 1 is 1.07 bits per heavy atom. The fraction of sp³-hybridized carbons (Fsp3) is 0.455. The molecule has 29 heavy (non-hydrogen) atoms. The number of aliphatic hydroxyl groups excluding tert-OH is 1. The van der Waals surface area contributed by atoms with Crippen molar-refractivity contribution < 1.29 is 27.8 Å². The molecule has 0 fully saturated rings. The van der Waals surface area contributed by atoms with E-state index in [4.69, 9.17) is 9.47 Å². The van der Waals surface area contributed by atoms with Gasteiger partial charge in [0.05, 0.1) is 12.7 Å². The molecule has 0 aliphatic rings. The van der Waals surface area contributed by atoms with Gasteiger partial charge in [0.1, 0.15) is 24.2 Å². The van der Waals surface area contributed by atoms with Crippen LogP contribution in [0.1, 0.15) is 37.5 Å². The maximum absolute atomic E-state index is 12.8. The number of nitrogens with one attached hydrogen (secondary N) is 1. The normalized spacial score (nSPS) is 13.2. The van der Waals surface area contributed by atoms with E-state index in [2.05, 4.69) is 26.1 Å². The highest BCUT2D eigenvalue weighted by molar-refractivity contribution is 5.44. The average molecular weight is 411 g/mol. The summed E-state index contributed by atoms with van der Waals surface area (Å²) >= 11 is 0. The Hall–Kier alpha value is -2.25. The van der Waals surface area contributed by atoms with Crippen LogP contribution in [0.15, 0.2) is 42.5 Å². The maximum Gasteiger partial charge on any atom is 0.416 e. The van der Waals surface area contributed by atoms with Gasteiger partial charge in [-0.25, -0.2) is 0 Å². The summed E-state index contributed by atoms with van der Waals surface area (Å²) in [5, 5.41) is 13.1. The van der Waals surface area contributed by atoms with Crippen molar-refractivity contribution >= 4 is 0 Å². The van der Waals surface area contributed by atoms with Crippen LogP contribution >= 0.6 is 0 Å². The van der Waals surface area contributed by atoms with E-state index < -0.39 is 17.8 Å². The third-order valence-electron chi connectivity index (χ3n) is 4.39. The molecule has 0 saturated heterocycles. The number of rotatable bonds is 8. The van der Waals surface area contributed by atoms with Gasteiger partial charge >= 0.3 is 6.18 Å². The molecule has 1 atom stereocenters. The Kier molecular flexibility index (Phi) is 7.54. The number of ether oxygens (including phenoxy) is 2. The van der Waals surface area contributed by atoms with Crippen molar-refractivity contribution in [3.63, 3.8) is 0 Å². The molecule has 0 heterocycles. The number of hydrogen-bond acceptors (Lipinski definition) is 4. The van der Waals surface area contributed by atoms with Crippen molar-refractivity contribution in [1.29, 1.82) is 0 Å². The second-order valence-corrected chi connectivity index (χ2v) is 7.91. The summed E-state index contributed by atoms with van der Waals surface area (Å²) in [5.74, 6) is 1.39. The summed E-state index contributed by atoms with van der Waals surface area (Å²) < 4.78 is 49.3. The predicted molar refractivity (Wildman–Crippen MR) is 106 cm³/mol. The maximum atomic E-state index is 12.8. The zero-order valence-corrected chi connectivity index (χ0v) is 17.1. The smallest absolute Gasteiger partial charge is 0.416 e. The van der Waals surface area contributed by atoms with E-state index in [9.17, 15) is 18.3 Å². The van der Waals surface area contributed by atoms with Crippen molar-refractivity contribution in [1.82, 2.24) is 5.32 Å². The van der Waals surface area contributed by atoms with Gasteiger partial charge in [0.25, 0.3) is 0 Å². The van der Waals surface area contributed by atoms with Crippen molar-refractivity contribution in [2.45, 2.75) is 45.0 Å². The van der Waals surface area contributed by atoms with Crippen LogP contribution in [0.2, 0.25) is 0 Å². The van der Waals surface area contributed by atoms with Crippen molar-refractivity contribution in [2.24, 2.45) is 0 Å². The van der Waals surface area contributed by atoms with Gasteiger partial charge in [-0.3, -0.25) is 0 Å². The number of hydrogen-bond donors (Lipinski definition) is 2. The SMILES string of the molecule is COc1ccc(OC[C@@H](O)CNCc2cccc(C(F)(F)F)c2)c(C(C)(C)C)c1. The van der Waals surface area contributed by atoms with Crippen LogP contribution < -0.4 is 14.8 Å². The Balaban J connectivity index is 1.89. The van der Waals surface area contributed by atoms with Gasteiger partial charge in [-0.05, 0) is 35.2 Å². The molecule has 0 aliphatic heterocycles. The third-order valence-corrected chi connectivity index (χ3v) is 4.39. The second-order valence-electron chi connectivity index (χ2n) is 7.91. The zero-order valence-electron chi connectivity index (χ0n) is 17.1. The van der Waals surface area contributed by atoms with Gasteiger partial charge in [0, 0.05) is 18.7 Å². The summed E-state index contributed by atoms with van der Waals surface area (Å²) in [6.07, 6.45) is -5.18. The molecular formula is C22H28F3NO3. The standard InChI is InChI=1S/C22H28F3NO3/c1-21(2,3)19-11-18(28-4)8-9-20(19)29-14-17(27)13-26-12-15-6-5-7-16(10-15)22(23,24)25/h5-11,17,26-27H,12-14H2,1-4H3/t17-/m0/s1. The highest BCUT2D eigenvalue weighted by atomic mass is 19.4. The topological polar surface area (TPSA) is 50.7 Å². The lowest BCUT2D eigenvalue weighted by atomic mass is 9.86. The molecule has 2 rings (SSSR count). The van der Waals surface area contributed by atoms with Crippen LogP contribution in [0.5, 0.6) is 11.5 Å². The lowest BCUT2D eigenvalue weighted by Gasteiger charge is -2.24. The van der Waals surface area contributed by atoms with E-state index in [1.54, 1.807) is 19.2 Å². The van der Waals surface area contributed by atoms with E-state index in [-0.39, 0.29) is 25.1 Å². The Labute approximate surface area is 169 Å². The van der Waals surface area contributed by atoms with Crippen molar-refractivity contribution in [3.8, 4) is 11.5 Å². The van der Waals surface area contributed by atoms with E-state index in [0.717, 1.165) is 23.4 Å². The largest absolute Gasteiger partial charge is 0.497 e. The molecule has 2 aromatic rings. The second kappa shape index (κ2) is 9.50. The van der Waals surface area contributed by atoms with Gasteiger partial charge < -0.3 is 19.9 Å². The molecule has 0 aliphatic carbocycles. The van der Waals surface area contributed by atoms with Gasteiger partial charge in [-0.15, -0.1) is 0 Å². The molecule has 0 unspecified atom stereocenters. The van der Waals surface area contributed by atoms with E-state index in [1.807, 2.05) is 12.1 Å². The number of benzene rings is 2. The minimum Gasteiger partial charge on any atom is -0.497 e. The molecule has 2 N–H and O–H groups in total. The van der Waals surface area contributed by atoms with Crippen LogP contribution in [0.3, 0.4) is 0 Å². The van der Waals surface area contributed by atoms with Crippen molar-refractivity contribution in [3.05, 3.63) is 59.2 Å². The molecule has 0 amide bonds. The fourth-order valence-electron chi connectivity index (χ4n) is 2.83. The van der Waals surface area contributed by atoms with Gasteiger partial charge in [0.15, 0.2) is 0 Å². The molecule has 4 nitrogen and oxygen atoms in total. The van der Waals surface area contributed by atoms with E-state index >= 15 is 0 Å². The Morgan fingerprint density at radius 3 is 2.41 bits per heavy atom. The monoisotopic (exact) mass is 411 g/mol. The molecule has 0 aromatic heterocycles. The molecule has 7 heteroatoms. The fourth-order valence-corrected chi connectivity index (χ4v) is 2.83. The molecule has 0 spiro atoms. The lowest BCUT2D eigenvalue weighted by molar-refractivity contribution is -0.137. The third kappa shape index (κ3) is 6.94. The Morgan fingerprint density at radius 2 is 1.79 bits per heavy atom. The number of alkyl halides is 3. The van der Waals surface area contributed by atoms with Gasteiger partial charge in [-0.1, -0.05) is 39.0 Å². The minimum absolute atomic E-state index is 0.0605.